The summed E-state index contributed by atoms with van der Waals surface area (Å²) in [7, 11) is 0. The summed E-state index contributed by atoms with van der Waals surface area (Å²) in [4.78, 5) is 41.3. The van der Waals surface area contributed by atoms with Gasteiger partial charge in [-0.1, -0.05) is 22.9 Å². The number of benzene rings is 2. The molecule has 4 rings (SSSR count). The van der Waals surface area contributed by atoms with Gasteiger partial charge in [0.1, 0.15) is 5.54 Å². The number of thiazole rings is 1. The highest BCUT2D eigenvalue weighted by molar-refractivity contribution is 7.23. The molecule has 0 unspecified atom stereocenters. The van der Waals surface area contributed by atoms with Gasteiger partial charge in [0.25, 0.3) is 11.8 Å². The topological polar surface area (TPSA) is 138 Å². The van der Waals surface area contributed by atoms with Crippen LogP contribution >= 0.6 is 22.9 Å². The number of hydrogen-bond acceptors (Lipinski definition) is 8. The number of carbonyl (C=O) groups excluding carboxylic acids is 3. The number of halogens is 4. The average Bonchev–Trinajstić information content (AvgIpc) is 3.50. The van der Waals surface area contributed by atoms with Crippen LogP contribution in [0.2, 0.25) is 5.02 Å². The zero-order valence-corrected chi connectivity index (χ0v) is 23.0. The maximum atomic E-state index is 13.7. The number of aromatic nitrogens is 3. The van der Waals surface area contributed by atoms with E-state index in [0.717, 1.165) is 17.4 Å². The van der Waals surface area contributed by atoms with E-state index >= 15 is 0 Å². The molecule has 0 spiro atoms. The predicted molar refractivity (Wildman–Crippen MR) is 146 cm³/mol. The number of rotatable bonds is 9. The quantitative estimate of drug-likeness (QED) is 0.191. The molecular weight excluding hydrogens is 573 g/mol. The number of hydrogen-bond donors (Lipinski definition) is 4. The molecule has 10 nitrogen and oxygen atoms in total. The minimum absolute atomic E-state index is 0.00924. The minimum Gasteiger partial charge on any atom is -0.466 e. The molecule has 15 heteroatoms. The zero-order chi connectivity index (χ0) is 29.2. The molecule has 0 aliphatic rings. The molecule has 0 atom stereocenters. The highest BCUT2D eigenvalue weighted by Gasteiger charge is 2.36. The Morgan fingerprint density at radius 1 is 1.18 bits per heavy atom. The summed E-state index contributed by atoms with van der Waals surface area (Å²) in [5.74, 6) is -1.56. The third-order valence-electron chi connectivity index (χ3n) is 5.77. The molecule has 0 fully saturated rings. The van der Waals surface area contributed by atoms with E-state index in [2.05, 4.69) is 31.1 Å². The third kappa shape index (κ3) is 6.28. The van der Waals surface area contributed by atoms with E-state index in [9.17, 15) is 27.6 Å². The lowest BCUT2D eigenvalue weighted by molar-refractivity contribution is -0.143. The van der Waals surface area contributed by atoms with Gasteiger partial charge in [-0.05, 0) is 45.0 Å². The number of nitrogens with one attached hydrogen (secondary N) is 4. The number of alkyl halides is 3. The van der Waals surface area contributed by atoms with Crippen LogP contribution in [-0.4, -0.2) is 51.7 Å². The van der Waals surface area contributed by atoms with Crippen molar-refractivity contribution >= 4 is 72.7 Å². The molecule has 0 bridgehead atoms. The van der Waals surface area contributed by atoms with Crippen molar-refractivity contribution < 1.29 is 32.3 Å². The maximum Gasteiger partial charge on any atom is 0.418 e. The van der Waals surface area contributed by atoms with Crippen molar-refractivity contribution in [2.75, 3.05) is 23.8 Å². The first kappa shape index (κ1) is 29.1. The van der Waals surface area contributed by atoms with Crippen LogP contribution in [0.25, 0.3) is 21.1 Å². The van der Waals surface area contributed by atoms with E-state index < -0.39 is 35.1 Å². The molecule has 2 aromatic carbocycles. The van der Waals surface area contributed by atoms with Crippen LogP contribution in [0.1, 0.15) is 43.1 Å². The molecule has 2 aromatic heterocycles. The number of anilines is 2. The number of aromatic amines is 1. The number of ether oxygens (including phenoxy) is 1. The first-order chi connectivity index (χ1) is 18.8. The van der Waals surface area contributed by atoms with Crippen LogP contribution < -0.4 is 16.0 Å². The Morgan fingerprint density at radius 3 is 2.62 bits per heavy atom. The molecule has 0 saturated carbocycles. The van der Waals surface area contributed by atoms with Gasteiger partial charge in [-0.3, -0.25) is 24.8 Å². The summed E-state index contributed by atoms with van der Waals surface area (Å²) in [6.45, 7) is 5.06. The Morgan fingerprint density at radius 2 is 1.93 bits per heavy atom. The molecule has 2 amide bonds. The second-order valence-electron chi connectivity index (χ2n) is 9.16. The standard InChI is InChI=1S/C25H24ClF3N6O4S/c1-4-39-18(36)7-8-30-21(37)13-9-12(5-6-16(13)26)34-24(2,3)22(38)33-23-32-19-15(25(27,28)29)10-17-14(11-31-35-17)20(19)40-23/h5-6,9-11,34H,4,7-8H2,1-3H3,(H,30,37)(H,31,35)(H,32,33,38). The van der Waals surface area contributed by atoms with Gasteiger partial charge in [0.2, 0.25) is 0 Å². The molecule has 0 aliphatic carbocycles. The van der Waals surface area contributed by atoms with Gasteiger partial charge in [0.05, 0.1) is 51.1 Å². The van der Waals surface area contributed by atoms with E-state index in [1.54, 1.807) is 26.8 Å². The minimum atomic E-state index is -4.66. The Balaban J connectivity index is 1.50. The monoisotopic (exact) mass is 596 g/mol. The number of carbonyl (C=O) groups is 3. The Kier molecular flexibility index (Phi) is 8.21. The molecule has 0 radical (unpaired) electrons. The molecule has 2 heterocycles. The van der Waals surface area contributed by atoms with Gasteiger partial charge in [0, 0.05) is 17.6 Å². The SMILES string of the molecule is CCOC(=O)CCNC(=O)c1cc(NC(C)(C)C(=O)Nc2nc3c(C(F)(F)F)cc4[nH]ncc4c3s2)ccc1Cl. The highest BCUT2D eigenvalue weighted by atomic mass is 35.5. The number of esters is 1. The molecule has 0 saturated heterocycles. The summed E-state index contributed by atoms with van der Waals surface area (Å²) in [5.41, 5.74) is -1.83. The van der Waals surface area contributed by atoms with Crippen molar-refractivity contribution in [2.24, 2.45) is 0 Å². The van der Waals surface area contributed by atoms with Crippen molar-refractivity contribution in [1.82, 2.24) is 20.5 Å². The van der Waals surface area contributed by atoms with Crippen LogP contribution in [-0.2, 0) is 20.5 Å². The fraction of sp³-hybridized carbons (Fsp3) is 0.320. The van der Waals surface area contributed by atoms with Gasteiger partial charge in [0.15, 0.2) is 5.13 Å². The van der Waals surface area contributed by atoms with Crippen LogP contribution in [0.5, 0.6) is 0 Å². The second-order valence-corrected chi connectivity index (χ2v) is 10.6. The van der Waals surface area contributed by atoms with E-state index in [1.165, 1.54) is 18.3 Å². The molecule has 4 aromatic rings. The summed E-state index contributed by atoms with van der Waals surface area (Å²) in [6.07, 6.45) is -3.27. The predicted octanol–water partition coefficient (Wildman–Crippen LogP) is 5.36. The lowest BCUT2D eigenvalue weighted by Crippen LogP contribution is -2.44. The van der Waals surface area contributed by atoms with E-state index in [0.29, 0.717) is 11.1 Å². The first-order valence-electron chi connectivity index (χ1n) is 12.0. The van der Waals surface area contributed by atoms with Crippen LogP contribution in [0.15, 0.2) is 30.5 Å². The van der Waals surface area contributed by atoms with Crippen molar-refractivity contribution in [3.8, 4) is 0 Å². The fourth-order valence-corrected chi connectivity index (χ4v) is 5.01. The second kappa shape index (κ2) is 11.3. The molecule has 212 valence electrons. The van der Waals surface area contributed by atoms with E-state index in [-0.39, 0.29) is 51.0 Å². The highest BCUT2D eigenvalue weighted by Crippen LogP contribution is 2.41. The smallest absolute Gasteiger partial charge is 0.418 e. The molecule has 4 N–H and O–H groups in total. The summed E-state index contributed by atoms with van der Waals surface area (Å²) >= 11 is 7.09. The van der Waals surface area contributed by atoms with Crippen LogP contribution in [0.3, 0.4) is 0 Å². The van der Waals surface area contributed by atoms with Crippen LogP contribution in [0, 0.1) is 0 Å². The van der Waals surface area contributed by atoms with Crippen molar-refractivity contribution in [1.29, 1.82) is 0 Å². The summed E-state index contributed by atoms with van der Waals surface area (Å²) in [6, 6.07) is 5.42. The zero-order valence-electron chi connectivity index (χ0n) is 21.5. The largest absolute Gasteiger partial charge is 0.466 e. The summed E-state index contributed by atoms with van der Waals surface area (Å²) in [5, 5.41) is 15.1. The molecule has 0 aliphatic heterocycles. The third-order valence-corrected chi connectivity index (χ3v) is 7.10. The number of fused-ring (bicyclic) bond motifs is 3. The van der Waals surface area contributed by atoms with Gasteiger partial charge in [-0.15, -0.1) is 0 Å². The van der Waals surface area contributed by atoms with Crippen molar-refractivity contribution in [2.45, 2.75) is 38.9 Å². The van der Waals surface area contributed by atoms with E-state index in [4.69, 9.17) is 16.3 Å². The number of H-pyrrole nitrogens is 1. The Labute approximate surface area is 234 Å². The van der Waals surface area contributed by atoms with Crippen molar-refractivity contribution in [3.63, 3.8) is 0 Å². The van der Waals surface area contributed by atoms with Gasteiger partial charge < -0.3 is 15.4 Å². The fourth-order valence-electron chi connectivity index (χ4n) is 3.81. The lowest BCUT2D eigenvalue weighted by Gasteiger charge is -2.26. The van der Waals surface area contributed by atoms with Crippen molar-refractivity contribution in [3.05, 3.63) is 46.6 Å². The lowest BCUT2D eigenvalue weighted by atomic mass is 10.0. The molecular formula is C25H24ClF3N6O4S. The Hall–Kier alpha value is -3.91. The van der Waals surface area contributed by atoms with E-state index in [1.807, 2.05) is 0 Å². The molecule has 40 heavy (non-hydrogen) atoms. The normalized spacial score (nSPS) is 12.0. The first-order valence-corrected chi connectivity index (χ1v) is 13.2. The number of nitrogens with zero attached hydrogens (tertiary/aromatic N) is 2. The average molecular weight is 597 g/mol. The summed E-state index contributed by atoms with van der Waals surface area (Å²) < 4.78 is 46.1. The maximum absolute atomic E-state index is 13.7. The Bertz CT molecular complexity index is 1600. The van der Waals surface area contributed by atoms with Gasteiger partial charge >= 0.3 is 12.1 Å². The van der Waals surface area contributed by atoms with Crippen LogP contribution in [0.4, 0.5) is 24.0 Å². The van der Waals surface area contributed by atoms with Gasteiger partial charge in [-0.2, -0.15) is 18.3 Å². The van der Waals surface area contributed by atoms with Gasteiger partial charge in [-0.25, -0.2) is 4.98 Å². The number of amides is 2.